The molecule has 3 aromatic rings. The fraction of sp³-hybridized carbons (Fsp3) is 0.476. The third-order valence-corrected chi connectivity index (χ3v) is 11.0. The molecule has 0 aromatic heterocycles. The average molecular weight is 872 g/mol. The molecule has 6 rings (SSSR count). The van der Waals surface area contributed by atoms with Gasteiger partial charge in [-0.25, -0.2) is 0 Å². The molecule has 0 bridgehead atoms. The SMILES string of the molecule is CC(=O)c1cc(C)c(Br)cc1O.CC(C)=O.Cc1cc2c(cc1B1OC(C)(C)C(C)(C)O1)OC(C)(C)CC2=O.Cc1cc2c(cc1Br)OC(C)(C)CC2=O. The third kappa shape index (κ3) is 11.1. The first-order chi connectivity index (χ1) is 24.6. The molecule has 292 valence electrons. The minimum absolute atomic E-state index is 0.0278. The van der Waals surface area contributed by atoms with E-state index in [2.05, 4.69) is 31.9 Å². The van der Waals surface area contributed by atoms with Crippen LogP contribution in [0.2, 0.25) is 0 Å². The Morgan fingerprint density at radius 1 is 0.648 bits per heavy atom. The number of phenols is 1. The number of aromatic hydroxyl groups is 1. The van der Waals surface area contributed by atoms with Crippen LogP contribution in [0, 0.1) is 20.8 Å². The second-order valence-corrected chi connectivity index (χ2v) is 18.1. The molecule has 54 heavy (non-hydrogen) atoms. The van der Waals surface area contributed by atoms with Gasteiger partial charge in [0.1, 0.15) is 34.2 Å². The van der Waals surface area contributed by atoms with E-state index in [1.165, 1.54) is 26.8 Å². The van der Waals surface area contributed by atoms with Crippen LogP contribution in [-0.2, 0) is 14.1 Å². The summed E-state index contributed by atoms with van der Waals surface area (Å²) in [5.74, 6) is 1.68. The smallest absolute Gasteiger partial charge is 0.495 e. The van der Waals surface area contributed by atoms with E-state index in [-0.39, 0.29) is 28.9 Å². The molecule has 1 fully saturated rings. The van der Waals surface area contributed by atoms with Gasteiger partial charge in [0, 0.05) is 8.95 Å². The number of fused-ring (bicyclic) bond motifs is 2. The van der Waals surface area contributed by atoms with Gasteiger partial charge >= 0.3 is 7.12 Å². The first-order valence-electron chi connectivity index (χ1n) is 17.8. The summed E-state index contributed by atoms with van der Waals surface area (Å²) in [6, 6.07) is 10.8. The van der Waals surface area contributed by atoms with Gasteiger partial charge in [0.15, 0.2) is 17.3 Å². The van der Waals surface area contributed by atoms with E-state index in [1.54, 1.807) is 6.07 Å². The third-order valence-electron chi connectivity index (χ3n) is 9.34. The van der Waals surface area contributed by atoms with Gasteiger partial charge in [-0.15, -0.1) is 0 Å². The Morgan fingerprint density at radius 3 is 1.48 bits per heavy atom. The summed E-state index contributed by atoms with van der Waals surface area (Å²) in [6.45, 7) is 26.2. The number of Topliss-reactive ketones (excluding diaryl/α,β-unsaturated/α-hetero) is 4. The summed E-state index contributed by atoms with van der Waals surface area (Å²) in [5, 5.41) is 9.34. The van der Waals surface area contributed by atoms with E-state index >= 15 is 0 Å². The zero-order chi connectivity index (χ0) is 41.3. The maximum Gasteiger partial charge on any atom is 0.495 e. The number of ketones is 4. The summed E-state index contributed by atoms with van der Waals surface area (Å²) in [4.78, 5) is 44.6. The number of rotatable bonds is 2. The minimum atomic E-state index is -0.480. The highest BCUT2D eigenvalue weighted by Gasteiger charge is 2.52. The number of aryl methyl sites for hydroxylation is 3. The molecule has 3 heterocycles. The van der Waals surface area contributed by atoms with E-state index in [0.717, 1.165) is 31.1 Å². The minimum Gasteiger partial charge on any atom is -0.507 e. The average Bonchev–Trinajstić information content (AvgIpc) is 3.21. The van der Waals surface area contributed by atoms with Gasteiger partial charge in [-0.05, 0) is 150 Å². The normalized spacial score (nSPS) is 18.1. The summed E-state index contributed by atoms with van der Waals surface area (Å²) < 4.78 is 25.9. The molecule has 0 spiro atoms. The molecule has 1 saturated heterocycles. The number of halogens is 2. The van der Waals surface area contributed by atoms with Crippen LogP contribution in [-0.4, -0.2) is 57.8 Å². The van der Waals surface area contributed by atoms with E-state index in [1.807, 2.05) is 100 Å². The van der Waals surface area contributed by atoms with Crippen molar-refractivity contribution in [2.75, 3.05) is 0 Å². The summed E-state index contributed by atoms with van der Waals surface area (Å²) in [7, 11) is -0.450. The molecule has 0 atom stereocenters. The summed E-state index contributed by atoms with van der Waals surface area (Å²) in [6.07, 6.45) is 0.844. The Labute approximate surface area is 337 Å². The Bertz CT molecular complexity index is 1940. The summed E-state index contributed by atoms with van der Waals surface area (Å²) >= 11 is 6.70. The van der Waals surface area contributed by atoms with Crippen LogP contribution in [0.3, 0.4) is 0 Å². The van der Waals surface area contributed by atoms with Gasteiger partial charge in [0.2, 0.25) is 0 Å². The second kappa shape index (κ2) is 16.8. The second-order valence-electron chi connectivity index (χ2n) is 16.4. The molecular formula is C42H53BBr2O9. The molecule has 0 aliphatic carbocycles. The number of hydrogen-bond donors (Lipinski definition) is 1. The monoisotopic (exact) mass is 870 g/mol. The lowest BCUT2D eigenvalue weighted by Gasteiger charge is -2.32. The highest BCUT2D eigenvalue weighted by Crippen LogP contribution is 2.39. The van der Waals surface area contributed by atoms with Crippen molar-refractivity contribution in [3.05, 3.63) is 78.7 Å². The largest absolute Gasteiger partial charge is 0.507 e. The summed E-state index contributed by atoms with van der Waals surface area (Å²) in [5.41, 5.74) is 3.99. The van der Waals surface area contributed by atoms with Gasteiger partial charge in [0.25, 0.3) is 0 Å². The van der Waals surface area contributed by atoms with Crippen LogP contribution < -0.4 is 14.9 Å². The molecule has 1 N–H and O–H groups in total. The van der Waals surface area contributed by atoms with Crippen molar-refractivity contribution in [2.45, 2.75) is 132 Å². The maximum absolute atomic E-state index is 12.3. The van der Waals surface area contributed by atoms with Crippen molar-refractivity contribution < 1.29 is 43.1 Å². The molecule has 12 heteroatoms. The zero-order valence-electron chi connectivity index (χ0n) is 33.9. The van der Waals surface area contributed by atoms with Crippen molar-refractivity contribution >= 4 is 67.6 Å². The topological polar surface area (TPSA) is 125 Å². The van der Waals surface area contributed by atoms with Gasteiger partial charge < -0.3 is 28.7 Å². The van der Waals surface area contributed by atoms with Crippen LogP contribution in [0.1, 0.15) is 137 Å². The van der Waals surface area contributed by atoms with Crippen molar-refractivity contribution in [1.29, 1.82) is 0 Å². The van der Waals surface area contributed by atoms with Crippen LogP contribution in [0.4, 0.5) is 0 Å². The Kier molecular flexibility index (Phi) is 14.0. The number of benzene rings is 3. The Morgan fingerprint density at radius 2 is 1.04 bits per heavy atom. The molecule has 3 aromatic carbocycles. The van der Waals surface area contributed by atoms with E-state index in [4.69, 9.17) is 18.8 Å². The Balaban J connectivity index is 0.000000219. The fourth-order valence-electron chi connectivity index (χ4n) is 5.78. The quantitative estimate of drug-likeness (QED) is 0.198. The van der Waals surface area contributed by atoms with Crippen molar-refractivity contribution in [3.63, 3.8) is 0 Å². The molecule has 3 aliphatic rings. The molecule has 0 saturated carbocycles. The molecule has 0 amide bonds. The maximum atomic E-state index is 12.3. The van der Waals surface area contributed by atoms with Crippen LogP contribution in [0.25, 0.3) is 0 Å². The van der Waals surface area contributed by atoms with Crippen molar-refractivity contribution in [1.82, 2.24) is 0 Å². The Hall–Kier alpha value is -3.32. The van der Waals surface area contributed by atoms with E-state index in [0.29, 0.717) is 41.0 Å². The van der Waals surface area contributed by atoms with Crippen LogP contribution in [0.15, 0.2) is 45.3 Å². The van der Waals surface area contributed by atoms with Crippen molar-refractivity contribution in [2.24, 2.45) is 0 Å². The molecule has 3 aliphatic heterocycles. The standard InChI is InChI=1S/C18H25BO4.C12H13BrO2.C9H9BrO2.C3H6O/c1-11-8-12-14(20)10-16(2,3)21-15(12)9-13(11)19-22-17(4,5)18(6,7)23-19;1-7-4-8-10(14)6-12(2,3)15-11(8)5-9(7)13;1-5-3-7(6(2)11)9(12)4-8(5)10;1-3(2)4/h8-9H,10H2,1-7H3;4-5H,6H2,1-3H3;3-4,12H,1-2H3;1-2H3. The number of carbonyl (C=O) groups is 4. The first kappa shape index (κ1) is 45.1. The fourth-order valence-corrected chi connectivity index (χ4v) is 6.43. The number of hydrogen-bond acceptors (Lipinski definition) is 9. The lowest BCUT2D eigenvalue weighted by molar-refractivity contribution is -0.115. The molecular weight excluding hydrogens is 819 g/mol. The van der Waals surface area contributed by atoms with Gasteiger partial charge in [-0.1, -0.05) is 37.4 Å². The molecule has 9 nitrogen and oxygen atoms in total. The predicted molar refractivity (Wildman–Crippen MR) is 220 cm³/mol. The van der Waals surface area contributed by atoms with Gasteiger partial charge in [-0.3, -0.25) is 14.4 Å². The van der Waals surface area contributed by atoms with Crippen LogP contribution >= 0.6 is 31.9 Å². The molecule has 0 radical (unpaired) electrons. The van der Waals surface area contributed by atoms with E-state index in [9.17, 15) is 24.3 Å². The highest BCUT2D eigenvalue weighted by atomic mass is 79.9. The van der Waals surface area contributed by atoms with Crippen LogP contribution in [0.5, 0.6) is 17.2 Å². The number of phenolic OH excluding ortho intramolecular Hbond substituents is 1. The lowest BCUT2D eigenvalue weighted by Crippen LogP contribution is -2.41. The van der Waals surface area contributed by atoms with Gasteiger partial charge in [0.05, 0.1) is 40.7 Å². The number of carbonyl (C=O) groups excluding carboxylic acids is 4. The lowest BCUT2D eigenvalue weighted by atomic mass is 9.74. The van der Waals surface area contributed by atoms with Crippen molar-refractivity contribution in [3.8, 4) is 17.2 Å². The predicted octanol–water partition coefficient (Wildman–Crippen LogP) is 9.80. The molecule has 0 unspecified atom stereocenters. The van der Waals surface area contributed by atoms with Gasteiger partial charge in [-0.2, -0.15) is 0 Å². The zero-order valence-corrected chi connectivity index (χ0v) is 37.1. The van der Waals surface area contributed by atoms with E-state index < -0.39 is 29.5 Å². The highest BCUT2D eigenvalue weighted by molar-refractivity contribution is 9.10. The number of ether oxygens (including phenoxy) is 2. The first-order valence-corrected chi connectivity index (χ1v) is 19.4.